The summed E-state index contributed by atoms with van der Waals surface area (Å²) in [5.74, 6) is -0.648. The lowest BCUT2D eigenvalue weighted by Crippen LogP contribution is -2.02. The predicted octanol–water partition coefficient (Wildman–Crippen LogP) is 5.91. The van der Waals surface area contributed by atoms with E-state index in [4.69, 9.17) is 45.7 Å². The van der Waals surface area contributed by atoms with Crippen LogP contribution < -0.4 is 0 Å². The van der Waals surface area contributed by atoms with Crippen LogP contribution in [0.4, 0.5) is 50.4 Å². The Hall–Kier alpha value is -2.45. The number of methoxy groups -OCH3 is 2. The maximum Gasteiger partial charge on any atom is 0.307 e. The minimum atomic E-state index is -0.324. The largest absolute Gasteiger partial charge is 0.469 e. The zero-order chi connectivity index (χ0) is 21.5. The molecule has 0 aromatic rings. The third-order valence-corrected chi connectivity index (χ3v) is 1.45. The minimum Gasteiger partial charge on any atom is -0.469 e. The summed E-state index contributed by atoms with van der Waals surface area (Å²) in [5, 5.41) is 0. The Kier molecular flexibility index (Phi) is 174. The van der Waals surface area contributed by atoms with Gasteiger partial charge < -0.3 is 9.47 Å². The lowest BCUT2D eigenvalue weighted by atomic mass is 10.4. The van der Waals surface area contributed by atoms with Gasteiger partial charge in [0, 0.05) is 45.7 Å². The maximum atomic E-state index is 10.6. The van der Waals surface area contributed by atoms with Gasteiger partial charge in [-0.2, -0.15) is 0 Å². The first kappa shape index (κ1) is 56.2. The van der Waals surface area contributed by atoms with Gasteiger partial charge in [-0.15, -0.1) is 0 Å². The number of nitrogens with zero attached hydrogens (tertiary/aromatic N) is 2. The first-order valence-corrected chi connectivity index (χ1v) is 5.13. The SMILES string of the molecule is C.C.COC(=O)CCN=C=NCCC(=O)OC.F.FF.FF.FF.FF.FF. The Bertz CT molecular complexity index is 274. The summed E-state index contributed by atoms with van der Waals surface area (Å²) in [6, 6.07) is 2.38. The second-order valence-corrected chi connectivity index (χ2v) is 2.52. The van der Waals surface area contributed by atoms with Crippen LogP contribution in [0.25, 0.3) is 0 Å². The van der Waals surface area contributed by atoms with Crippen LogP contribution in [0.15, 0.2) is 9.98 Å². The summed E-state index contributed by atoms with van der Waals surface area (Å²) >= 11 is 0. The highest BCUT2D eigenvalue weighted by Crippen LogP contribution is 1.85. The molecule has 0 fully saturated rings. The van der Waals surface area contributed by atoms with Gasteiger partial charge in [-0.05, 0) is 0 Å². The number of carbonyl (C=O) groups is 2. The van der Waals surface area contributed by atoms with Gasteiger partial charge in [-0.1, -0.05) is 14.9 Å². The number of hydrogen-bond acceptors (Lipinski definition) is 6. The van der Waals surface area contributed by atoms with Gasteiger partial charge in [-0.3, -0.25) is 14.3 Å². The highest BCUT2D eigenvalue weighted by Gasteiger charge is 1.97. The molecule has 17 heteroatoms. The van der Waals surface area contributed by atoms with Crippen molar-refractivity contribution in [3.63, 3.8) is 0 Å². The molecule has 0 unspecified atom stereocenters. The van der Waals surface area contributed by atoms with Crippen LogP contribution in [0.3, 0.4) is 0 Å². The highest BCUT2D eigenvalue weighted by atomic mass is 20.0. The van der Waals surface area contributed by atoms with E-state index in [1.165, 1.54) is 14.2 Å². The van der Waals surface area contributed by atoms with Gasteiger partial charge in [0.2, 0.25) is 0 Å². The molecule has 0 aliphatic rings. The number of ether oxygens (including phenoxy) is 2. The van der Waals surface area contributed by atoms with E-state index < -0.39 is 0 Å². The molecule has 0 saturated carbocycles. The van der Waals surface area contributed by atoms with Gasteiger partial charge in [0.25, 0.3) is 0 Å². The molecule has 178 valence electrons. The van der Waals surface area contributed by atoms with Crippen LogP contribution in [-0.2, 0) is 19.1 Å². The van der Waals surface area contributed by atoms with E-state index >= 15 is 0 Å². The van der Waals surface area contributed by atoms with E-state index in [-0.39, 0.29) is 57.4 Å². The fourth-order valence-electron chi connectivity index (χ4n) is 0.649. The monoisotopic (exact) mass is 456 g/mol. The molecule has 0 radical (unpaired) electrons. The fraction of sp³-hybridized carbons (Fsp3) is 0.727. The Labute approximate surface area is 153 Å². The Balaban J connectivity index is -0.0000000345. The first-order valence-electron chi connectivity index (χ1n) is 5.13. The number of aliphatic imine (C=N–C) groups is 2. The Morgan fingerprint density at radius 3 is 1.07 bits per heavy atom. The molecular formula is C11H23F11N2O4. The molecule has 0 amide bonds. The third kappa shape index (κ3) is 89.8. The fourth-order valence-corrected chi connectivity index (χ4v) is 0.649. The molecule has 0 saturated heterocycles. The van der Waals surface area contributed by atoms with Crippen molar-refractivity contribution in [1.82, 2.24) is 0 Å². The van der Waals surface area contributed by atoms with Crippen molar-refractivity contribution in [2.75, 3.05) is 27.3 Å². The van der Waals surface area contributed by atoms with E-state index in [1.54, 1.807) is 0 Å². The lowest BCUT2D eigenvalue weighted by Gasteiger charge is -1.92. The molecule has 0 bridgehead atoms. The van der Waals surface area contributed by atoms with Gasteiger partial charge in [0.1, 0.15) is 0 Å². The second kappa shape index (κ2) is 86.4. The quantitative estimate of drug-likeness (QED) is 0.283. The summed E-state index contributed by atoms with van der Waals surface area (Å²) in [4.78, 5) is 28.7. The van der Waals surface area contributed by atoms with Crippen molar-refractivity contribution in [2.24, 2.45) is 9.98 Å². The van der Waals surface area contributed by atoms with E-state index in [9.17, 15) is 9.59 Å². The molecular weight excluding hydrogens is 433 g/mol. The molecule has 0 aliphatic carbocycles. The summed E-state index contributed by atoms with van der Waals surface area (Å²) in [6.45, 7) is 0.572. The van der Waals surface area contributed by atoms with Crippen molar-refractivity contribution < 1.29 is 69.5 Å². The van der Waals surface area contributed by atoms with Gasteiger partial charge in [-0.25, -0.2) is 9.98 Å². The zero-order valence-corrected chi connectivity index (χ0v) is 13.0. The van der Waals surface area contributed by atoms with Crippen LogP contribution in [-0.4, -0.2) is 45.3 Å². The summed E-state index contributed by atoms with van der Waals surface area (Å²) < 4.78 is 88.8. The molecule has 0 rings (SSSR count). The number of rotatable bonds is 6. The van der Waals surface area contributed by atoms with Crippen LogP contribution in [0, 0.1) is 0 Å². The normalized spacial score (nSPS) is 5.71. The molecule has 28 heavy (non-hydrogen) atoms. The zero-order valence-electron chi connectivity index (χ0n) is 13.0. The molecule has 0 aliphatic heterocycles. The van der Waals surface area contributed by atoms with Crippen LogP contribution >= 0.6 is 0 Å². The average Bonchev–Trinajstić information content (AvgIpc) is 2.74. The molecule has 0 aromatic heterocycles. The van der Waals surface area contributed by atoms with Gasteiger partial charge >= 0.3 is 11.9 Å². The predicted molar refractivity (Wildman–Crippen MR) is 79.9 cm³/mol. The summed E-state index contributed by atoms with van der Waals surface area (Å²) in [7, 11) is 2.63. The lowest BCUT2D eigenvalue weighted by molar-refractivity contribution is -0.141. The van der Waals surface area contributed by atoms with Crippen LogP contribution in [0.2, 0.25) is 0 Å². The van der Waals surface area contributed by atoms with Crippen molar-refractivity contribution in [2.45, 2.75) is 27.7 Å². The first-order chi connectivity index (χ1) is 12.2. The molecule has 0 N–H and O–H groups in total. The molecule has 6 nitrogen and oxygen atoms in total. The van der Waals surface area contributed by atoms with E-state index in [2.05, 4.69) is 25.5 Å². The van der Waals surface area contributed by atoms with Gasteiger partial charge in [0.05, 0.1) is 46.2 Å². The molecule has 0 heterocycles. The van der Waals surface area contributed by atoms with Gasteiger partial charge in [0.15, 0.2) is 0 Å². The van der Waals surface area contributed by atoms with Crippen molar-refractivity contribution in [3.8, 4) is 0 Å². The van der Waals surface area contributed by atoms with Crippen LogP contribution in [0.1, 0.15) is 27.7 Å². The highest BCUT2D eigenvalue weighted by molar-refractivity contribution is 5.70. The Morgan fingerprint density at radius 2 is 0.893 bits per heavy atom. The Morgan fingerprint density at radius 1 is 0.679 bits per heavy atom. The molecule has 0 atom stereocenters. The topological polar surface area (TPSA) is 77.3 Å². The van der Waals surface area contributed by atoms with E-state index in [1.807, 2.05) is 0 Å². The molecule has 0 aromatic carbocycles. The third-order valence-electron chi connectivity index (χ3n) is 1.45. The maximum absolute atomic E-state index is 10.6. The number of halogens is 11. The number of esters is 2. The van der Waals surface area contributed by atoms with E-state index in [0.29, 0.717) is 0 Å². The number of hydrogen-bond donors (Lipinski definition) is 0. The van der Waals surface area contributed by atoms with Crippen molar-refractivity contribution >= 4 is 17.9 Å². The van der Waals surface area contributed by atoms with Crippen LogP contribution in [0.5, 0.6) is 0 Å². The number of carbonyl (C=O) groups excluding carboxylic acids is 2. The summed E-state index contributed by atoms with van der Waals surface area (Å²) in [5.41, 5.74) is 0. The van der Waals surface area contributed by atoms with Crippen molar-refractivity contribution in [1.29, 1.82) is 0 Å². The van der Waals surface area contributed by atoms with Crippen molar-refractivity contribution in [3.05, 3.63) is 0 Å². The average molecular weight is 456 g/mol. The van der Waals surface area contributed by atoms with E-state index in [0.717, 1.165) is 0 Å². The smallest absolute Gasteiger partial charge is 0.307 e. The molecule has 0 spiro atoms. The minimum absolute atomic E-state index is 0. The second-order valence-electron chi connectivity index (χ2n) is 2.52. The summed E-state index contributed by atoms with van der Waals surface area (Å²) in [6.07, 6.45) is 0.409. The standard InChI is InChI=1S/C9H14N2O4.2CH4.5F2.FH/c1-14-8(12)3-5-10-7-11-6-4-9(13)15-2;;;5*1-2;/h3-6H2,1-2H3;2*1H4;;;;;;1H.